The molecule has 0 unspecified atom stereocenters. The van der Waals surface area contributed by atoms with Gasteiger partial charge in [-0.15, -0.1) is 11.3 Å². The number of ether oxygens (including phenoxy) is 5. The standard InChI is InChI=1S/C43H36O8S/c1-47-37-26-39(51-43(46)30-17-9-4-10-18-30)36(23-32(37)22-35-21-31-19-11-12-20-40(31)52-35)38-25-33(50-42(45)29-15-7-3-8-16-29)24-34(49-38)27-48-41(44)28-13-5-2-6-14-28/h2-21,23,26,33-34,38H,22,24-25,27H2,1H3/t33-,34-,38+/m0/s1. The average molecular weight is 713 g/mol. The molecule has 0 amide bonds. The van der Waals surface area contributed by atoms with Crippen LogP contribution in [0.15, 0.2) is 133 Å². The molecule has 0 aliphatic carbocycles. The number of thiophene rings is 1. The van der Waals surface area contributed by atoms with Gasteiger partial charge < -0.3 is 23.7 Å². The van der Waals surface area contributed by atoms with Crippen LogP contribution in [-0.4, -0.2) is 43.8 Å². The molecule has 0 radical (unpaired) electrons. The van der Waals surface area contributed by atoms with Crippen molar-refractivity contribution in [1.29, 1.82) is 0 Å². The summed E-state index contributed by atoms with van der Waals surface area (Å²) in [6.07, 6.45) is -0.815. The molecular weight excluding hydrogens is 677 g/mol. The summed E-state index contributed by atoms with van der Waals surface area (Å²) in [7, 11) is 1.58. The van der Waals surface area contributed by atoms with E-state index in [1.54, 1.807) is 97.3 Å². The summed E-state index contributed by atoms with van der Waals surface area (Å²) < 4.78 is 31.5. The first-order valence-corrected chi connectivity index (χ1v) is 17.8. The van der Waals surface area contributed by atoms with Crippen molar-refractivity contribution < 1.29 is 38.1 Å². The van der Waals surface area contributed by atoms with Gasteiger partial charge >= 0.3 is 17.9 Å². The first-order valence-electron chi connectivity index (χ1n) is 17.0. The van der Waals surface area contributed by atoms with Crippen molar-refractivity contribution in [3.05, 3.63) is 166 Å². The molecule has 7 rings (SSSR count). The van der Waals surface area contributed by atoms with Crippen molar-refractivity contribution in [2.75, 3.05) is 13.7 Å². The first-order chi connectivity index (χ1) is 25.4. The highest BCUT2D eigenvalue weighted by atomic mass is 32.1. The number of fused-ring (bicyclic) bond motifs is 1. The van der Waals surface area contributed by atoms with Crippen molar-refractivity contribution in [2.24, 2.45) is 0 Å². The van der Waals surface area contributed by atoms with Gasteiger partial charge in [0.25, 0.3) is 0 Å². The second-order valence-corrected chi connectivity index (χ2v) is 13.6. The molecule has 1 aliphatic rings. The lowest BCUT2D eigenvalue weighted by Gasteiger charge is -2.35. The molecule has 5 aromatic carbocycles. The predicted molar refractivity (Wildman–Crippen MR) is 198 cm³/mol. The highest BCUT2D eigenvalue weighted by Gasteiger charge is 2.36. The Kier molecular flexibility index (Phi) is 10.7. The lowest BCUT2D eigenvalue weighted by molar-refractivity contribution is -0.119. The van der Waals surface area contributed by atoms with Gasteiger partial charge in [-0.25, -0.2) is 14.4 Å². The van der Waals surface area contributed by atoms with E-state index in [1.807, 2.05) is 36.4 Å². The molecule has 1 fully saturated rings. The van der Waals surface area contributed by atoms with Gasteiger partial charge in [-0.1, -0.05) is 72.8 Å². The number of methoxy groups -OCH3 is 1. The van der Waals surface area contributed by atoms with Gasteiger partial charge in [0.2, 0.25) is 0 Å². The Bertz CT molecular complexity index is 2130. The summed E-state index contributed by atoms with van der Waals surface area (Å²) in [5.74, 6) is -0.699. The third kappa shape index (κ3) is 8.23. The number of carbonyl (C=O) groups is 3. The second kappa shape index (κ2) is 16.1. The summed E-state index contributed by atoms with van der Waals surface area (Å²) in [6.45, 7) is -0.0758. The zero-order valence-corrected chi connectivity index (χ0v) is 29.3. The van der Waals surface area contributed by atoms with Gasteiger partial charge in [-0.3, -0.25) is 0 Å². The summed E-state index contributed by atoms with van der Waals surface area (Å²) >= 11 is 1.70. The van der Waals surface area contributed by atoms with Crippen LogP contribution >= 0.6 is 11.3 Å². The van der Waals surface area contributed by atoms with Gasteiger partial charge in [0, 0.05) is 40.5 Å². The van der Waals surface area contributed by atoms with Crippen LogP contribution in [0.4, 0.5) is 0 Å². The van der Waals surface area contributed by atoms with E-state index in [0.29, 0.717) is 40.8 Å². The highest BCUT2D eigenvalue weighted by molar-refractivity contribution is 7.19. The van der Waals surface area contributed by atoms with Crippen LogP contribution in [-0.2, 0) is 20.6 Å². The molecule has 6 aromatic rings. The molecule has 262 valence electrons. The molecule has 1 aromatic heterocycles. The molecule has 2 heterocycles. The first kappa shape index (κ1) is 34.7. The third-order valence-electron chi connectivity index (χ3n) is 8.87. The van der Waals surface area contributed by atoms with Crippen LogP contribution in [0.5, 0.6) is 11.5 Å². The quantitative estimate of drug-likeness (QED) is 0.0970. The largest absolute Gasteiger partial charge is 0.496 e. The fourth-order valence-electron chi connectivity index (χ4n) is 6.33. The fourth-order valence-corrected chi connectivity index (χ4v) is 7.42. The van der Waals surface area contributed by atoms with Gasteiger partial charge in [0.05, 0.1) is 36.0 Å². The average Bonchev–Trinajstić information content (AvgIpc) is 3.60. The Morgan fingerprint density at radius 2 is 1.31 bits per heavy atom. The van der Waals surface area contributed by atoms with Crippen LogP contribution in [0.25, 0.3) is 10.1 Å². The van der Waals surface area contributed by atoms with Crippen LogP contribution < -0.4 is 9.47 Å². The maximum atomic E-state index is 13.4. The molecule has 9 heteroatoms. The summed E-state index contributed by atoms with van der Waals surface area (Å²) in [5, 5.41) is 1.15. The summed E-state index contributed by atoms with van der Waals surface area (Å²) in [6, 6.07) is 40.2. The summed E-state index contributed by atoms with van der Waals surface area (Å²) in [4.78, 5) is 40.7. The number of esters is 3. The van der Waals surface area contributed by atoms with Gasteiger partial charge in [0.15, 0.2) is 0 Å². The Labute approximate surface area is 305 Å². The zero-order chi connectivity index (χ0) is 35.9. The van der Waals surface area contributed by atoms with E-state index in [2.05, 4.69) is 18.2 Å². The molecule has 1 saturated heterocycles. The number of hydrogen-bond donors (Lipinski definition) is 0. The minimum Gasteiger partial charge on any atom is -0.496 e. The zero-order valence-electron chi connectivity index (χ0n) is 28.4. The highest BCUT2D eigenvalue weighted by Crippen LogP contribution is 2.42. The molecule has 0 bridgehead atoms. The van der Waals surface area contributed by atoms with E-state index in [1.165, 1.54) is 4.70 Å². The number of hydrogen-bond acceptors (Lipinski definition) is 9. The topological polar surface area (TPSA) is 97.4 Å². The van der Waals surface area contributed by atoms with Crippen molar-refractivity contribution in [2.45, 2.75) is 37.6 Å². The maximum Gasteiger partial charge on any atom is 0.343 e. The van der Waals surface area contributed by atoms with E-state index >= 15 is 0 Å². The van der Waals surface area contributed by atoms with E-state index in [9.17, 15) is 14.4 Å². The summed E-state index contributed by atoms with van der Waals surface area (Å²) in [5.41, 5.74) is 2.67. The molecule has 52 heavy (non-hydrogen) atoms. The molecule has 3 atom stereocenters. The van der Waals surface area contributed by atoms with E-state index in [-0.39, 0.29) is 18.8 Å². The normalized spacial score (nSPS) is 16.9. The fraction of sp³-hybridized carbons (Fsp3) is 0.186. The van der Waals surface area contributed by atoms with Crippen LogP contribution in [0.1, 0.15) is 66.0 Å². The Balaban J connectivity index is 1.23. The lowest BCUT2D eigenvalue weighted by Crippen LogP contribution is -2.37. The number of carbonyl (C=O) groups excluding carboxylic acids is 3. The van der Waals surface area contributed by atoms with Gasteiger partial charge in [0.1, 0.15) is 24.2 Å². The molecular formula is C43H36O8S. The molecule has 0 N–H and O–H groups in total. The SMILES string of the molecule is COc1cc(OC(=O)c2ccccc2)c([C@H]2C[C@@H](OC(=O)c3ccccc3)C[C@@H](COC(=O)c3ccccc3)O2)cc1Cc1cc2ccccc2s1. The number of rotatable bonds is 11. The second-order valence-electron chi connectivity index (χ2n) is 12.5. The van der Waals surface area contributed by atoms with Crippen LogP contribution in [0.3, 0.4) is 0 Å². The minimum absolute atomic E-state index is 0.0758. The minimum atomic E-state index is -0.701. The van der Waals surface area contributed by atoms with Crippen molar-refractivity contribution in [3.63, 3.8) is 0 Å². The molecule has 0 spiro atoms. The van der Waals surface area contributed by atoms with Gasteiger partial charge in [-0.05, 0) is 65.5 Å². The van der Waals surface area contributed by atoms with E-state index in [4.69, 9.17) is 23.7 Å². The predicted octanol–water partition coefficient (Wildman–Crippen LogP) is 9.02. The molecule has 8 nitrogen and oxygen atoms in total. The Morgan fingerprint density at radius 3 is 1.96 bits per heavy atom. The smallest absolute Gasteiger partial charge is 0.343 e. The maximum absolute atomic E-state index is 13.4. The molecule has 0 saturated carbocycles. The number of benzene rings is 5. The van der Waals surface area contributed by atoms with E-state index in [0.717, 1.165) is 15.8 Å². The van der Waals surface area contributed by atoms with Crippen molar-refractivity contribution in [3.8, 4) is 11.5 Å². The van der Waals surface area contributed by atoms with Crippen molar-refractivity contribution >= 4 is 39.3 Å². The Morgan fingerprint density at radius 1 is 0.692 bits per heavy atom. The van der Waals surface area contributed by atoms with Crippen LogP contribution in [0, 0.1) is 0 Å². The lowest BCUT2D eigenvalue weighted by atomic mass is 9.93. The van der Waals surface area contributed by atoms with Crippen LogP contribution in [0.2, 0.25) is 0 Å². The Hall–Kier alpha value is -5.77. The third-order valence-corrected chi connectivity index (χ3v) is 9.98. The van der Waals surface area contributed by atoms with E-state index < -0.39 is 36.2 Å². The molecule has 1 aliphatic heterocycles. The van der Waals surface area contributed by atoms with Gasteiger partial charge in [-0.2, -0.15) is 0 Å². The van der Waals surface area contributed by atoms with Crippen molar-refractivity contribution in [1.82, 2.24) is 0 Å². The monoisotopic (exact) mass is 712 g/mol.